The first-order chi connectivity index (χ1) is 16.3. The smallest absolute Gasteiger partial charge is 0.138 e. The summed E-state index contributed by atoms with van der Waals surface area (Å²) >= 11 is 0. The van der Waals surface area contributed by atoms with Crippen molar-refractivity contribution in [3.05, 3.63) is 37.2 Å². The molecule has 0 aliphatic rings. The predicted molar refractivity (Wildman–Crippen MR) is 110 cm³/mol. The van der Waals surface area contributed by atoms with Gasteiger partial charge in [0.1, 0.15) is 36.2 Å². The van der Waals surface area contributed by atoms with E-state index in [4.69, 9.17) is 14.2 Å². The zero-order valence-corrected chi connectivity index (χ0v) is 17.9. The Morgan fingerprint density at radius 1 is 0.515 bits per heavy atom. The molecule has 0 bridgehead atoms. The molecule has 33 heavy (non-hydrogen) atoms. The van der Waals surface area contributed by atoms with E-state index in [1.165, 1.54) is 0 Å². The minimum absolute atomic E-state index is 0.501. The molecule has 4 rings (SSSR count). The lowest BCUT2D eigenvalue weighted by molar-refractivity contribution is 0.270. The minimum Gasteiger partial charge on any atom is -0.493 e. The van der Waals surface area contributed by atoms with Crippen molar-refractivity contribution in [3.63, 3.8) is 0 Å². The molecular formula is C18H24N12O3. The predicted octanol–water partition coefficient (Wildman–Crippen LogP) is 0.0534. The van der Waals surface area contributed by atoms with Crippen molar-refractivity contribution in [3.8, 4) is 17.2 Å². The molecule has 15 nitrogen and oxygen atoms in total. The first kappa shape index (κ1) is 22.0. The quantitative estimate of drug-likeness (QED) is 0.222. The van der Waals surface area contributed by atoms with E-state index in [1.54, 1.807) is 33.0 Å². The molecule has 0 N–H and O–H groups in total. The maximum atomic E-state index is 5.91. The van der Waals surface area contributed by atoms with E-state index < -0.39 is 0 Å². The second-order valence-electron chi connectivity index (χ2n) is 6.96. The molecule has 3 aromatic heterocycles. The number of aryl methyl sites for hydroxylation is 3. The molecule has 0 aliphatic heterocycles. The lowest BCUT2D eigenvalue weighted by Gasteiger charge is -2.13. The number of rotatable bonds is 15. The van der Waals surface area contributed by atoms with Gasteiger partial charge in [0, 0.05) is 57.1 Å². The number of ether oxygens (including phenoxy) is 3. The van der Waals surface area contributed by atoms with Crippen LogP contribution in [0.25, 0.3) is 0 Å². The summed E-state index contributed by atoms with van der Waals surface area (Å²) in [5.74, 6) is 2.00. The summed E-state index contributed by atoms with van der Waals surface area (Å²) in [7, 11) is 0. The topological polar surface area (TPSA) is 158 Å². The van der Waals surface area contributed by atoms with Crippen LogP contribution in [0.4, 0.5) is 0 Å². The lowest BCUT2D eigenvalue weighted by atomic mass is 10.3. The highest BCUT2D eigenvalue weighted by molar-refractivity contribution is 5.42. The average molecular weight is 456 g/mol. The van der Waals surface area contributed by atoms with Crippen LogP contribution in [-0.4, -0.2) is 80.4 Å². The summed E-state index contributed by atoms with van der Waals surface area (Å²) < 4.78 is 22.7. The van der Waals surface area contributed by atoms with Gasteiger partial charge < -0.3 is 14.2 Å². The number of nitrogens with zero attached hydrogens (tertiary/aromatic N) is 12. The third-order valence-electron chi connectivity index (χ3n) is 4.43. The van der Waals surface area contributed by atoms with Gasteiger partial charge in [-0.1, -0.05) is 0 Å². The highest BCUT2D eigenvalue weighted by Gasteiger charge is 2.06. The fourth-order valence-corrected chi connectivity index (χ4v) is 2.89. The Balaban J connectivity index is 1.28. The van der Waals surface area contributed by atoms with Gasteiger partial charge in [-0.05, 0) is 31.3 Å². The zero-order chi connectivity index (χ0) is 22.6. The van der Waals surface area contributed by atoms with Gasteiger partial charge in [-0.25, -0.2) is 14.0 Å². The summed E-state index contributed by atoms with van der Waals surface area (Å²) in [6, 6.07) is 5.55. The molecule has 0 spiro atoms. The molecule has 1 aromatic carbocycles. The van der Waals surface area contributed by atoms with Crippen molar-refractivity contribution in [2.75, 3.05) is 19.8 Å². The van der Waals surface area contributed by atoms with Gasteiger partial charge in [0.15, 0.2) is 0 Å². The van der Waals surface area contributed by atoms with E-state index in [0.717, 1.165) is 19.3 Å². The Hall–Kier alpha value is -4.17. The van der Waals surface area contributed by atoms with Crippen LogP contribution < -0.4 is 14.2 Å². The molecule has 0 aliphatic carbocycles. The Bertz CT molecular complexity index is 894. The van der Waals surface area contributed by atoms with Crippen LogP contribution >= 0.6 is 0 Å². The van der Waals surface area contributed by atoms with Gasteiger partial charge in [0.25, 0.3) is 0 Å². The molecule has 4 aromatic rings. The molecule has 0 fully saturated rings. The largest absolute Gasteiger partial charge is 0.493 e. The highest BCUT2D eigenvalue weighted by atomic mass is 16.5. The van der Waals surface area contributed by atoms with Gasteiger partial charge in [0.2, 0.25) is 0 Å². The van der Waals surface area contributed by atoms with E-state index in [0.29, 0.717) is 56.7 Å². The summed E-state index contributed by atoms with van der Waals surface area (Å²) in [6.07, 6.45) is 6.99. The van der Waals surface area contributed by atoms with E-state index in [2.05, 4.69) is 46.6 Å². The molecule has 0 unspecified atom stereocenters. The minimum atomic E-state index is 0.501. The number of hydrogen-bond acceptors (Lipinski definition) is 12. The summed E-state index contributed by atoms with van der Waals surface area (Å²) in [4.78, 5) is 0. The third kappa shape index (κ3) is 7.48. The third-order valence-corrected chi connectivity index (χ3v) is 4.43. The molecule has 0 saturated carbocycles. The van der Waals surface area contributed by atoms with E-state index >= 15 is 0 Å². The van der Waals surface area contributed by atoms with Crippen LogP contribution in [0.2, 0.25) is 0 Å². The van der Waals surface area contributed by atoms with E-state index in [1.807, 2.05) is 18.2 Å². The van der Waals surface area contributed by atoms with Crippen molar-refractivity contribution < 1.29 is 14.2 Å². The summed E-state index contributed by atoms with van der Waals surface area (Å²) in [5, 5.41) is 33.2. The molecule has 3 heterocycles. The molecule has 0 saturated heterocycles. The van der Waals surface area contributed by atoms with Crippen molar-refractivity contribution in [2.45, 2.75) is 38.9 Å². The van der Waals surface area contributed by atoms with Crippen molar-refractivity contribution >= 4 is 0 Å². The standard InChI is InChI=1S/C18H24N12O3/c1(4-28-13-19-22-25-28)7-31-16-10-17(32-8-2-5-29-14-20-23-26-29)12-18(11-16)33-9-3-6-30-15-21-24-27-30/h10-15H,1-9H2. The molecular weight excluding hydrogens is 432 g/mol. The molecule has 0 radical (unpaired) electrons. The number of benzene rings is 1. The second kappa shape index (κ2) is 12.0. The maximum absolute atomic E-state index is 5.91. The normalized spacial score (nSPS) is 10.9. The molecule has 15 heteroatoms. The van der Waals surface area contributed by atoms with Crippen LogP contribution in [0.15, 0.2) is 37.2 Å². The summed E-state index contributed by atoms with van der Waals surface area (Å²) in [6.45, 7) is 3.51. The maximum Gasteiger partial charge on any atom is 0.138 e. The van der Waals surface area contributed by atoms with Crippen molar-refractivity contribution in [1.82, 2.24) is 60.6 Å². The monoisotopic (exact) mass is 456 g/mol. The fourth-order valence-electron chi connectivity index (χ4n) is 2.89. The zero-order valence-electron chi connectivity index (χ0n) is 17.9. The van der Waals surface area contributed by atoms with Gasteiger partial charge in [-0.2, -0.15) is 0 Å². The Morgan fingerprint density at radius 3 is 1.12 bits per heavy atom. The van der Waals surface area contributed by atoms with E-state index in [9.17, 15) is 0 Å². The van der Waals surface area contributed by atoms with Crippen LogP contribution in [0.3, 0.4) is 0 Å². The Kier molecular flexibility index (Phi) is 8.03. The Labute approximate surface area is 188 Å². The number of tetrazole rings is 3. The van der Waals surface area contributed by atoms with Gasteiger partial charge in [-0.3, -0.25) is 0 Å². The second-order valence-corrected chi connectivity index (χ2v) is 6.96. The number of hydrogen-bond donors (Lipinski definition) is 0. The average Bonchev–Trinajstić information content (AvgIpc) is 3.61. The Morgan fingerprint density at radius 2 is 0.848 bits per heavy atom. The first-order valence-corrected chi connectivity index (χ1v) is 10.5. The molecule has 174 valence electrons. The van der Waals surface area contributed by atoms with E-state index in [-0.39, 0.29) is 0 Å². The van der Waals surface area contributed by atoms with Gasteiger partial charge in [0.05, 0.1) is 19.8 Å². The van der Waals surface area contributed by atoms with Crippen LogP contribution in [0.5, 0.6) is 17.2 Å². The molecule has 0 amide bonds. The fraction of sp³-hybridized carbons (Fsp3) is 0.500. The van der Waals surface area contributed by atoms with Gasteiger partial charge >= 0.3 is 0 Å². The van der Waals surface area contributed by atoms with Gasteiger partial charge in [-0.15, -0.1) is 15.3 Å². The van der Waals surface area contributed by atoms with Crippen molar-refractivity contribution in [2.24, 2.45) is 0 Å². The van der Waals surface area contributed by atoms with Crippen LogP contribution in [0.1, 0.15) is 19.3 Å². The van der Waals surface area contributed by atoms with Crippen molar-refractivity contribution in [1.29, 1.82) is 0 Å². The molecule has 0 atom stereocenters. The van der Waals surface area contributed by atoms with Crippen LogP contribution in [-0.2, 0) is 19.6 Å². The first-order valence-electron chi connectivity index (χ1n) is 10.5. The SMILES string of the molecule is c1c(OCCCn2cnnn2)cc(OCCCn2cnnn2)cc1OCCCn1cnnn1. The lowest BCUT2D eigenvalue weighted by Crippen LogP contribution is -2.08. The summed E-state index contributed by atoms with van der Waals surface area (Å²) in [5.41, 5.74) is 0. The number of aromatic nitrogens is 12. The highest BCUT2D eigenvalue weighted by Crippen LogP contribution is 2.28. The van der Waals surface area contributed by atoms with Crippen LogP contribution in [0, 0.1) is 0 Å².